The van der Waals surface area contributed by atoms with Crippen LogP contribution in [-0.4, -0.2) is 47.2 Å². The molecule has 0 amide bonds. The Morgan fingerprint density at radius 2 is 2.31 bits per heavy atom. The van der Waals surface area contributed by atoms with E-state index in [1.54, 1.807) is 0 Å². The third-order valence-corrected chi connectivity index (χ3v) is 3.14. The number of hydrogen-bond acceptors (Lipinski definition) is 3. The van der Waals surface area contributed by atoms with E-state index in [0.29, 0.717) is 0 Å². The van der Waals surface area contributed by atoms with E-state index in [4.69, 9.17) is 0 Å². The van der Waals surface area contributed by atoms with Crippen molar-refractivity contribution in [2.24, 2.45) is 0 Å². The van der Waals surface area contributed by atoms with E-state index in [1.807, 2.05) is 18.7 Å². The van der Waals surface area contributed by atoms with Crippen molar-refractivity contribution in [1.82, 2.24) is 19.8 Å². The summed E-state index contributed by atoms with van der Waals surface area (Å²) in [5.74, 6) is 0. The normalized spacial score (nSPS) is 15.9. The van der Waals surface area contributed by atoms with Crippen molar-refractivity contribution in [3.8, 4) is 0 Å². The van der Waals surface area contributed by atoms with E-state index < -0.39 is 0 Å². The second-order valence-electron chi connectivity index (χ2n) is 4.62. The van der Waals surface area contributed by atoms with Gasteiger partial charge in [-0.1, -0.05) is 0 Å². The van der Waals surface area contributed by atoms with Crippen molar-refractivity contribution in [2.75, 3.05) is 26.7 Å². The van der Waals surface area contributed by atoms with Gasteiger partial charge in [0.2, 0.25) is 0 Å². The molecule has 16 heavy (non-hydrogen) atoms. The Bertz CT molecular complexity index is 279. The highest BCUT2D eigenvalue weighted by atomic mass is 15.2. The number of aryl methyl sites for hydroxylation is 1. The van der Waals surface area contributed by atoms with E-state index >= 15 is 0 Å². The molecule has 1 N–H and O–H groups in total. The smallest absolute Gasteiger partial charge is 0.0945 e. The summed E-state index contributed by atoms with van der Waals surface area (Å²) in [4.78, 5) is 6.48. The molecule has 1 aliphatic carbocycles. The molecular weight excluding hydrogens is 200 g/mol. The van der Waals surface area contributed by atoms with Gasteiger partial charge in [0.05, 0.1) is 6.33 Å². The molecule has 1 heterocycles. The van der Waals surface area contributed by atoms with Gasteiger partial charge in [-0.3, -0.25) is 0 Å². The monoisotopic (exact) mass is 222 g/mol. The summed E-state index contributed by atoms with van der Waals surface area (Å²) < 4.78 is 2.12. The van der Waals surface area contributed by atoms with Gasteiger partial charge in [-0.05, 0) is 32.9 Å². The van der Waals surface area contributed by atoms with Gasteiger partial charge >= 0.3 is 0 Å². The third kappa shape index (κ3) is 3.94. The summed E-state index contributed by atoms with van der Waals surface area (Å²) in [6, 6.07) is 0.882. The fourth-order valence-corrected chi connectivity index (χ4v) is 1.88. The average Bonchev–Trinajstić information content (AvgIpc) is 3.02. The summed E-state index contributed by atoms with van der Waals surface area (Å²) in [7, 11) is 2.23. The largest absolute Gasteiger partial charge is 0.337 e. The molecule has 4 heteroatoms. The lowest BCUT2D eigenvalue weighted by Crippen LogP contribution is -2.31. The number of nitrogens with zero attached hydrogens (tertiary/aromatic N) is 3. The van der Waals surface area contributed by atoms with Crippen molar-refractivity contribution < 1.29 is 0 Å². The van der Waals surface area contributed by atoms with Gasteiger partial charge in [-0.2, -0.15) is 0 Å². The Labute approximate surface area is 97.7 Å². The van der Waals surface area contributed by atoms with Gasteiger partial charge in [0.1, 0.15) is 0 Å². The van der Waals surface area contributed by atoms with Crippen LogP contribution >= 0.6 is 0 Å². The lowest BCUT2D eigenvalue weighted by Gasteiger charge is -2.15. The fourth-order valence-electron chi connectivity index (χ4n) is 1.88. The van der Waals surface area contributed by atoms with Gasteiger partial charge in [0.25, 0.3) is 0 Å². The molecule has 0 spiro atoms. The van der Waals surface area contributed by atoms with Crippen LogP contribution in [0.5, 0.6) is 0 Å². The molecule has 2 rings (SSSR count). The fraction of sp³-hybridized carbons (Fsp3) is 0.750. The third-order valence-electron chi connectivity index (χ3n) is 3.14. The average molecular weight is 222 g/mol. The van der Waals surface area contributed by atoms with Gasteiger partial charge in [0.15, 0.2) is 0 Å². The van der Waals surface area contributed by atoms with Gasteiger partial charge in [-0.15, -0.1) is 0 Å². The molecule has 0 radical (unpaired) electrons. The van der Waals surface area contributed by atoms with Crippen LogP contribution in [0.25, 0.3) is 0 Å². The first-order valence-corrected chi connectivity index (χ1v) is 6.23. The first kappa shape index (κ1) is 11.6. The van der Waals surface area contributed by atoms with Crippen molar-refractivity contribution in [1.29, 1.82) is 0 Å². The van der Waals surface area contributed by atoms with Crippen molar-refractivity contribution in [2.45, 2.75) is 31.8 Å². The zero-order chi connectivity index (χ0) is 11.2. The van der Waals surface area contributed by atoms with E-state index in [-0.39, 0.29) is 0 Å². The van der Waals surface area contributed by atoms with Crippen LogP contribution in [0.2, 0.25) is 0 Å². The molecule has 1 saturated carbocycles. The molecule has 0 saturated heterocycles. The minimum Gasteiger partial charge on any atom is -0.337 e. The molecule has 0 unspecified atom stereocenters. The zero-order valence-electron chi connectivity index (χ0n) is 10.1. The van der Waals surface area contributed by atoms with E-state index in [1.165, 1.54) is 25.8 Å². The maximum atomic E-state index is 4.02. The summed E-state index contributed by atoms with van der Waals surface area (Å²) in [5.41, 5.74) is 0. The topological polar surface area (TPSA) is 33.1 Å². The van der Waals surface area contributed by atoms with Crippen molar-refractivity contribution in [3.05, 3.63) is 18.7 Å². The lowest BCUT2D eigenvalue weighted by atomic mass is 10.4. The zero-order valence-corrected chi connectivity index (χ0v) is 10.1. The highest BCUT2D eigenvalue weighted by Gasteiger charge is 2.25. The van der Waals surface area contributed by atoms with Crippen LogP contribution in [0.4, 0.5) is 0 Å². The standard InChI is InChI=1S/C12H22N4/c1-15(12-3-4-12)9-6-13-5-2-8-16-10-7-14-11-16/h7,10-13H,2-6,8-9H2,1H3. The van der Waals surface area contributed by atoms with Crippen LogP contribution in [0.3, 0.4) is 0 Å². The second-order valence-corrected chi connectivity index (χ2v) is 4.62. The molecule has 1 fully saturated rings. The first-order valence-electron chi connectivity index (χ1n) is 6.23. The van der Waals surface area contributed by atoms with E-state index in [2.05, 4.69) is 26.8 Å². The van der Waals surface area contributed by atoms with Gasteiger partial charge < -0.3 is 14.8 Å². The van der Waals surface area contributed by atoms with Crippen LogP contribution in [0.1, 0.15) is 19.3 Å². The minimum absolute atomic E-state index is 0.882. The Morgan fingerprint density at radius 1 is 1.44 bits per heavy atom. The van der Waals surface area contributed by atoms with Crippen LogP contribution in [0.15, 0.2) is 18.7 Å². The number of imidazole rings is 1. The first-order chi connectivity index (χ1) is 7.86. The summed E-state index contributed by atoms with van der Waals surface area (Å²) in [6.07, 6.45) is 9.69. The Hall–Kier alpha value is -0.870. The maximum Gasteiger partial charge on any atom is 0.0945 e. The summed E-state index contributed by atoms with van der Waals surface area (Å²) in [6.45, 7) is 4.44. The molecular formula is C12H22N4. The van der Waals surface area contributed by atoms with Crippen molar-refractivity contribution in [3.63, 3.8) is 0 Å². The Kier molecular flexibility index (Phi) is 4.36. The van der Waals surface area contributed by atoms with Crippen LogP contribution in [-0.2, 0) is 6.54 Å². The number of hydrogen-bond donors (Lipinski definition) is 1. The molecule has 0 bridgehead atoms. The minimum atomic E-state index is 0.882. The Morgan fingerprint density at radius 3 is 3.00 bits per heavy atom. The van der Waals surface area contributed by atoms with E-state index in [9.17, 15) is 0 Å². The molecule has 1 aromatic rings. The molecule has 0 aliphatic heterocycles. The highest BCUT2D eigenvalue weighted by molar-refractivity contribution is 4.82. The van der Waals surface area contributed by atoms with Gasteiger partial charge in [0, 0.05) is 38.1 Å². The van der Waals surface area contributed by atoms with Gasteiger partial charge in [-0.25, -0.2) is 4.98 Å². The molecule has 0 atom stereocenters. The Balaban J connectivity index is 1.43. The number of rotatable bonds is 8. The summed E-state index contributed by atoms with van der Waals surface area (Å²) in [5, 5.41) is 3.49. The van der Waals surface area contributed by atoms with Crippen LogP contribution < -0.4 is 5.32 Å². The SMILES string of the molecule is CN(CCNCCCn1ccnc1)C1CC1. The van der Waals surface area contributed by atoms with E-state index in [0.717, 1.165) is 25.7 Å². The molecule has 90 valence electrons. The number of likely N-dealkylation sites (N-methyl/N-ethyl adjacent to an activating group) is 1. The predicted molar refractivity (Wildman–Crippen MR) is 65.4 cm³/mol. The van der Waals surface area contributed by atoms with Crippen LogP contribution in [0, 0.1) is 0 Å². The quantitative estimate of drug-likeness (QED) is 0.665. The summed E-state index contributed by atoms with van der Waals surface area (Å²) >= 11 is 0. The number of aromatic nitrogens is 2. The lowest BCUT2D eigenvalue weighted by molar-refractivity contribution is 0.321. The maximum absolute atomic E-state index is 4.02. The van der Waals surface area contributed by atoms with Crippen molar-refractivity contribution >= 4 is 0 Å². The number of nitrogens with one attached hydrogen (secondary N) is 1. The molecule has 1 aliphatic rings. The molecule has 0 aromatic carbocycles. The molecule has 4 nitrogen and oxygen atoms in total. The predicted octanol–water partition coefficient (Wildman–Crippen LogP) is 0.957. The molecule has 1 aromatic heterocycles. The highest BCUT2D eigenvalue weighted by Crippen LogP contribution is 2.24. The second kappa shape index (κ2) is 6.01.